The molecule has 0 radical (unpaired) electrons. The SMILES string of the molecule is Cc1cccc(NC(=O)CCCN(CCO)C2CC2)c1. The van der Waals surface area contributed by atoms with Crippen LogP contribution in [-0.2, 0) is 4.79 Å². The number of amides is 1. The van der Waals surface area contributed by atoms with Crippen LogP contribution >= 0.6 is 0 Å². The lowest BCUT2D eigenvalue weighted by Gasteiger charge is -2.20. The van der Waals surface area contributed by atoms with Crippen LogP contribution in [-0.4, -0.2) is 41.7 Å². The van der Waals surface area contributed by atoms with Gasteiger partial charge in [-0.1, -0.05) is 12.1 Å². The van der Waals surface area contributed by atoms with Crippen LogP contribution in [0.3, 0.4) is 0 Å². The first kappa shape index (κ1) is 15.0. The van der Waals surface area contributed by atoms with Crippen LogP contribution < -0.4 is 5.32 Å². The van der Waals surface area contributed by atoms with Gasteiger partial charge in [0, 0.05) is 24.7 Å². The molecule has 1 aliphatic carbocycles. The van der Waals surface area contributed by atoms with Crippen LogP contribution in [0.25, 0.3) is 0 Å². The van der Waals surface area contributed by atoms with Gasteiger partial charge in [-0.3, -0.25) is 9.69 Å². The molecule has 4 heteroatoms. The number of hydrogen-bond acceptors (Lipinski definition) is 3. The Morgan fingerprint density at radius 2 is 2.20 bits per heavy atom. The second kappa shape index (κ2) is 7.41. The Hall–Kier alpha value is -1.39. The Kier molecular flexibility index (Phi) is 5.56. The fraction of sp³-hybridized carbons (Fsp3) is 0.562. The van der Waals surface area contributed by atoms with E-state index in [0.717, 1.165) is 30.8 Å². The fourth-order valence-electron chi connectivity index (χ4n) is 2.43. The highest BCUT2D eigenvalue weighted by Gasteiger charge is 2.27. The summed E-state index contributed by atoms with van der Waals surface area (Å²) in [4.78, 5) is 14.2. The zero-order chi connectivity index (χ0) is 14.4. The minimum Gasteiger partial charge on any atom is -0.395 e. The Labute approximate surface area is 120 Å². The van der Waals surface area contributed by atoms with Crippen LogP contribution in [0.5, 0.6) is 0 Å². The normalized spacial score (nSPS) is 14.6. The summed E-state index contributed by atoms with van der Waals surface area (Å²) in [5, 5.41) is 11.9. The highest BCUT2D eigenvalue weighted by Crippen LogP contribution is 2.26. The van der Waals surface area contributed by atoms with Crippen LogP contribution in [0, 0.1) is 6.92 Å². The van der Waals surface area contributed by atoms with Gasteiger partial charge in [0.25, 0.3) is 0 Å². The number of aryl methyl sites for hydroxylation is 1. The Bertz CT molecular complexity index is 444. The lowest BCUT2D eigenvalue weighted by atomic mass is 10.2. The molecule has 0 unspecified atom stereocenters. The van der Waals surface area contributed by atoms with Crippen molar-refractivity contribution in [3.63, 3.8) is 0 Å². The van der Waals surface area contributed by atoms with Gasteiger partial charge < -0.3 is 10.4 Å². The van der Waals surface area contributed by atoms with E-state index in [4.69, 9.17) is 5.11 Å². The Balaban J connectivity index is 1.69. The topological polar surface area (TPSA) is 52.6 Å². The molecule has 1 saturated carbocycles. The molecule has 0 aromatic heterocycles. The summed E-state index contributed by atoms with van der Waals surface area (Å²) in [5.74, 6) is 0.0651. The predicted octanol–water partition coefficient (Wildman–Crippen LogP) is 2.17. The molecule has 1 aromatic rings. The molecule has 0 atom stereocenters. The van der Waals surface area contributed by atoms with Crippen molar-refractivity contribution in [1.29, 1.82) is 0 Å². The van der Waals surface area contributed by atoms with Gasteiger partial charge in [0.1, 0.15) is 0 Å². The molecule has 20 heavy (non-hydrogen) atoms. The number of aliphatic hydroxyl groups is 1. The van der Waals surface area contributed by atoms with Gasteiger partial charge in [-0.25, -0.2) is 0 Å². The molecule has 1 amide bonds. The van der Waals surface area contributed by atoms with Gasteiger partial charge in [0.05, 0.1) is 6.61 Å². The van der Waals surface area contributed by atoms with Crippen molar-refractivity contribution >= 4 is 11.6 Å². The number of carbonyl (C=O) groups excluding carboxylic acids is 1. The van der Waals surface area contributed by atoms with Gasteiger partial charge in [-0.15, -0.1) is 0 Å². The molecule has 0 spiro atoms. The number of anilines is 1. The smallest absolute Gasteiger partial charge is 0.224 e. The second-order valence-corrected chi connectivity index (χ2v) is 5.51. The monoisotopic (exact) mass is 276 g/mol. The molecule has 110 valence electrons. The standard InChI is InChI=1S/C16H24N2O2/c1-13-4-2-5-14(12-13)17-16(20)6-3-9-18(10-11-19)15-7-8-15/h2,4-5,12,15,19H,3,6-11H2,1H3,(H,17,20). The average Bonchev–Trinajstić information content (AvgIpc) is 3.22. The van der Waals surface area contributed by atoms with Crippen molar-refractivity contribution in [3.8, 4) is 0 Å². The van der Waals surface area contributed by atoms with E-state index in [1.807, 2.05) is 31.2 Å². The molecule has 1 aromatic carbocycles. The third kappa shape index (κ3) is 4.94. The van der Waals surface area contributed by atoms with Crippen molar-refractivity contribution in [3.05, 3.63) is 29.8 Å². The van der Waals surface area contributed by atoms with E-state index >= 15 is 0 Å². The van der Waals surface area contributed by atoms with Crippen molar-refractivity contribution in [2.75, 3.05) is 25.0 Å². The second-order valence-electron chi connectivity index (χ2n) is 5.51. The summed E-state index contributed by atoms with van der Waals surface area (Å²) in [7, 11) is 0. The summed E-state index contributed by atoms with van der Waals surface area (Å²) < 4.78 is 0. The third-order valence-electron chi connectivity index (χ3n) is 3.60. The number of rotatable bonds is 8. The third-order valence-corrected chi connectivity index (χ3v) is 3.60. The number of carbonyl (C=O) groups is 1. The van der Waals surface area contributed by atoms with E-state index in [0.29, 0.717) is 12.5 Å². The number of aliphatic hydroxyl groups excluding tert-OH is 1. The first-order chi connectivity index (χ1) is 9.69. The van der Waals surface area contributed by atoms with Gasteiger partial charge in [0.15, 0.2) is 0 Å². The maximum Gasteiger partial charge on any atom is 0.224 e. The van der Waals surface area contributed by atoms with Crippen LogP contribution in [0.4, 0.5) is 5.69 Å². The molecule has 0 saturated heterocycles. The van der Waals surface area contributed by atoms with Crippen LogP contribution in [0.1, 0.15) is 31.2 Å². The number of nitrogens with one attached hydrogen (secondary N) is 1. The maximum atomic E-state index is 11.9. The van der Waals surface area contributed by atoms with Gasteiger partial charge >= 0.3 is 0 Å². The molecule has 1 aliphatic rings. The van der Waals surface area contributed by atoms with Crippen molar-refractivity contribution < 1.29 is 9.90 Å². The molecule has 0 heterocycles. The number of nitrogens with zero attached hydrogens (tertiary/aromatic N) is 1. The minimum absolute atomic E-state index is 0.0651. The summed E-state index contributed by atoms with van der Waals surface area (Å²) in [5.41, 5.74) is 2.01. The zero-order valence-electron chi connectivity index (χ0n) is 12.1. The predicted molar refractivity (Wildman–Crippen MR) is 80.7 cm³/mol. The molecule has 2 rings (SSSR count). The van der Waals surface area contributed by atoms with Gasteiger partial charge in [-0.05, 0) is 50.4 Å². The zero-order valence-corrected chi connectivity index (χ0v) is 12.1. The van der Waals surface area contributed by atoms with Crippen molar-refractivity contribution in [1.82, 2.24) is 4.90 Å². The molecular formula is C16H24N2O2. The Morgan fingerprint density at radius 1 is 1.40 bits per heavy atom. The highest BCUT2D eigenvalue weighted by atomic mass is 16.3. The fourth-order valence-corrected chi connectivity index (χ4v) is 2.43. The first-order valence-corrected chi connectivity index (χ1v) is 7.40. The molecule has 2 N–H and O–H groups in total. The van der Waals surface area contributed by atoms with Crippen LogP contribution in [0.2, 0.25) is 0 Å². The first-order valence-electron chi connectivity index (χ1n) is 7.40. The lowest BCUT2D eigenvalue weighted by Crippen LogP contribution is -2.30. The van der Waals surface area contributed by atoms with E-state index in [-0.39, 0.29) is 12.5 Å². The van der Waals surface area contributed by atoms with Gasteiger partial charge in [0.2, 0.25) is 5.91 Å². The largest absolute Gasteiger partial charge is 0.395 e. The lowest BCUT2D eigenvalue weighted by molar-refractivity contribution is -0.116. The van der Waals surface area contributed by atoms with Gasteiger partial charge in [-0.2, -0.15) is 0 Å². The Morgan fingerprint density at radius 3 is 2.85 bits per heavy atom. The molecule has 1 fully saturated rings. The number of hydrogen-bond donors (Lipinski definition) is 2. The van der Waals surface area contributed by atoms with E-state index in [1.54, 1.807) is 0 Å². The van der Waals surface area contributed by atoms with E-state index in [9.17, 15) is 4.79 Å². The molecule has 0 bridgehead atoms. The minimum atomic E-state index is 0.0651. The number of benzene rings is 1. The average molecular weight is 276 g/mol. The van der Waals surface area contributed by atoms with Crippen molar-refractivity contribution in [2.24, 2.45) is 0 Å². The van der Waals surface area contributed by atoms with Crippen molar-refractivity contribution in [2.45, 2.75) is 38.6 Å². The summed E-state index contributed by atoms with van der Waals surface area (Å²) in [6.45, 7) is 3.83. The molecule has 4 nitrogen and oxygen atoms in total. The van der Waals surface area contributed by atoms with E-state index in [2.05, 4.69) is 10.2 Å². The molecule has 0 aliphatic heterocycles. The van der Waals surface area contributed by atoms with E-state index < -0.39 is 0 Å². The quantitative estimate of drug-likeness (QED) is 0.765. The van der Waals surface area contributed by atoms with Crippen LogP contribution in [0.15, 0.2) is 24.3 Å². The summed E-state index contributed by atoms with van der Waals surface area (Å²) in [6, 6.07) is 8.48. The highest BCUT2D eigenvalue weighted by molar-refractivity contribution is 5.90. The van der Waals surface area contributed by atoms with E-state index in [1.165, 1.54) is 12.8 Å². The maximum absolute atomic E-state index is 11.9. The summed E-state index contributed by atoms with van der Waals surface area (Å²) >= 11 is 0. The molecular weight excluding hydrogens is 252 g/mol. The summed E-state index contributed by atoms with van der Waals surface area (Å²) in [6.07, 6.45) is 3.84.